The quantitative estimate of drug-likeness (QED) is 0.867. The molecule has 0 radical (unpaired) electrons. The molecule has 1 aromatic carbocycles. The summed E-state index contributed by atoms with van der Waals surface area (Å²) in [5.74, 6) is -0.123. The monoisotopic (exact) mass is 257 g/mol. The number of carbonyl (C=O) groups is 1. The van der Waals surface area contributed by atoms with Crippen molar-refractivity contribution < 1.29 is 9.53 Å². The first-order chi connectivity index (χ1) is 9.15. The molecule has 0 atom stereocenters. The van der Waals surface area contributed by atoms with Crippen molar-refractivity contribution in [3.8, 4) is 0 Å². The highest BCUT2D eigenvalue weighted by Crippen LogP contribution is 2.22. The maximum atomic E-state index is 12.2. The van der Waals surface area contributed by atoms with Gasteiger partial charge in [0.05, 0.1) is 30.3 Å². The largest absolute Gasteiger partial charge is 0.372 e. The fraction of sp³-hybridized carbons (Fsp3) is 0.286. The van der Waals surface area contributed by atoms with E-state index in [1.165, 1.54) is 0 Å². The minimum absolute atomic E-state index is 0.123. The van der Waals surface area contributed by atoms with E-state index in [-0.39, 0.29) is 5.91 Å². The van der Waals surface area contributed by atoms with Crippen LogP contribution in [0.5, 0.6) is 0 Å². The van der Waals surface area contributed by atoms with E-state index in [0.29, 0.717) is 18.8 Å². The Kier molecular flexibility index (Phi) is 2.83. The van der Waals surface area contributed by atoms with Gasteiger partial charge in [0.1, 0.15) is 0 Å². The molecule has 2 aromatic rings. The number of ether oxygens (including phenoxy) is 1. The number of aryl methyl sites for hydroxylation is 2. The van der Waals surface area contributed by atoms with Crippen LogP contribution in [0.25, 0.3) is 0 Å². The van der Waals surface area contributed by atoms with Crippen LogP contribution in [0.4, 0.5) is 5.69 Å². The van der Waals surface area contributed by atoms with Gasteiger partial charge in [-0.15, -0.1) is 0 Å². The van der Waals surface area contributed by atoms with Crippen LogP contribution >= 0.6 is 0 Å². The van der Waals surface area contributed by atoms with E-state index in [1.54, 1.807) is 0 Å². The lowest BCUT2D eigenvalue weighted by Crippen LogP contribution is -2.13. The van der Waals surface area contributed by atoms with Gasteiger partial charge in [0.2, 0.25) is 0 Å². The van der Waals surface area contributed by atoms with Crippen molar-refractivity contribution >= 4 is 11.6 Å². The molecule has 98 valence electrons. The highest BCUT2D eigenvalue weighted by molar-refractivity contribution is 6.05. The number of anilines is 1. The maximum absolute atomic E-state index is 12.2. The van der Waals surface area contributed by atoms with Crippen molar-refractivity contribution in [2.45, 2.75) is 27.1 Å². The van der Waals surface area contributed by atoms with E-state index in [9.17, 15) is 4.79 Å². The number of aromatic amines is 1. The minimum Gasteiger partial charge on any atom is -0.372 e. The summed E-state index contributed by atoms with van der Waals surface area (Å²) in [4.78, 5) is 12.2. The van der Waals surface area contributed by atoms with Crippen molar-refractivity contribution in [2.75, 3.05) is 5.32 Å². The second-order valence-electron chi connectivity index (χ2n) is 4.74. The summed E-state index contributed by atoms with van der Waals surface area (Å²) < 4.78 is 5.35. The molecule has 19 heavy (non-hydrogen) atoms. The number of nitrogens with zero attached hydrogens (tertiary/aromatic N) is 1. The fourth-order valence-electron chi connectivity index (χ4n) is 2.23. The Balaban J connectivity index is 1.85. The van der Waals surface area contributed by atoms with Crippen molar-refractivity contribution in [1.82, 2.24) is 10.2 Å². The molecule has 0 fully saturated rings. The summed E-state index contributed by atoms with van der Waals surface area (Å²) in [7, 11) is 0. The molecule has 0 bridgehead atoms. The first-order valence-corrected chi connectivity index (χ1v) is 6.17. The molecule has 5 nitrogen and oxygen atoms in total. The van der Waals surface area contributed by atoms with Crippen LogP contribution in [0.15, 0.2) is 18.2 Å². The van der Waals surface area contributed by atoms with Crippen LogP contribution in [0, 0.1) is 13.8 Å². The van der Waals surface area contributed by atoms with Gasteiger partial charge in [0, 0.05) is 5.56 Å². The molecule has 1 aromatic heterocycles. The topological polar surface area (TPSA) is 67.0 Å². The number of hydrogen-bond donors (Lipinski definition) is 2. The molecule has 2 heterocycles. The summed E-state index contributed by atoms with van der Waals surface area (Å²) in [6, 6.07) is 5.67. The normalized spacial score (nSPS) is 13.4. The van der Waals surface area contributed by atoms with Gasteiger partial charge < -0.3 is 10.1 Å². The average Bonchev–Trinajstić information content (AvgIpc) is 2.99. The summed E-state index contributed by atoms with van der Waals surface area (Å²) >= 11 is 0. The Labute approximate surface area is 111 Å². The summed E-state index contributed by atoms with van der Waals surface area (Å²) in [6.07, 6.45) is 0. The van der Waals surface area contributed by atoms with E-state index < -0.39 is 0 Å². The molecule has 1 amide bonds. The van der Waals surface area contributed by atoms with Crippen molar-refractivity contribution in [2.24, 2.45) is 0 Å². The van der Waals surface area contributed by atoms with Crippen molar-refractivity contribution in [3.05, 3.63) is 46.3 Å². The predicted molar refractivity (Wildman–Crippen MR) is 70.9 cm³/mol. The molecular formula is C14H15N3O2. The van der Waals surface area contributed by atoms with Crippen LogP contribution in [0.1, 0.15) is 32.9 Å². The third-order valence-corrected chi connectivity index (χ3v) is 3.35. The fourth-order valence-corrected chi connectivity index (χ4v) is 2.23. The number of H-pyrrole nitrogens is 1. The van der Waals surface area contributed by atoms with E-state index in [4.69, 9.17) is 4.74 Å². The van der Waals surface area contributed by atoms with Crippen LogP contribution in [0.3, 0.4) is 0 Å². The van der Waals surface area contributed by atoms with Crippen LogP contribution in [-0.4, -0.2) is 16.1 Å². The van der Waals surface area contributed by atoms with Crippen molar-refractivity contribution in [3.63, 3.8) is 0 Å². The summed E-state index contributed by atoms with van der Waals surface area (Å²) in [5.41, 5.74) is 5.29. The number of rotatable bonds is 2. The number of benzene rings is 1. The first kappa shape index (κ1) is 11.9. The van der Waals surface area contributed by atoms with Gasteiger partial charge in [-0.2, -0.15) is 5.10 Å². The second kappa shape index (κ2) is 4.51. The average molecular weight is 257 g/mol. The highest BCUT2D eigenvalue weighted by Gasteiger charge is 2.16. The van der Waals surface area contributed by atoms with E-state index in [1.807, 2.05) is 32.0 Å². The lowest BCUT2D eigenvalue weighted by Gasteiger charge is -2.06. The third-order valence-electron chi connectivity index (χ3n) is 3.35. The molecule has 2 N–H and O–H groups in total. The van der Waals surface area contributed by atoms with Crippen LogP contribution in [0.2, 0.25) is 0 Å². The van der Waals surface area contributed by atoms with Gasteiger partial charge in [0.25, 0.3) is 5.91 Å². The molecule has 0 aliphatic carbocycles. The zero-order valence-electron chi connectivity index (χ0n) is 10.9. The predicted octanol–water partition coefficient (Wildman–Crippen LogP) is 2.31. The SMILES string of the molecule is Cc1n[nH]c(C)c1NC(=O)c1ccc2c(c1)COC2. The van der Waals surface area contributed by atoms with Gasteiger partial charge in [0.15, 0.2) is 0 Å². The number of aromatic nitrogens is 2. The standard InChI is InChI=1S/C14H15N3O2/c1-8-13(9(2)17-16-8)15-14(18)10-3-4-11-6-19-7-12(11)5-10/h3-5H,6-7H2,1-2H3,(H,15,18)(H,16,17). The molecule has 0 saturated heterocycles. The zero-order chi connectivity index (χ0) is 13.4. The molecule has 0 saturated carbocycles. The lowest BCUT2D eigenvalue weighted by molar-refractivity contribution is 0.102. The second-order valence-corrected chi connectivity index (χ2v) is 4.74. The summed E-state index contributed by atoms with van der Waals surface area (Å²) in [6.45, 7) is 4.96. The van der Waals surface area contributed by atoms with Crippen molar-refractivity contribution in [1.29, 1.82) is 0 Å². The number of fused-ring (bicyclic) bond motifs is 1. The Bertz CT molecular complexity index is 627. The molecule has 5 heteroatoms. The molecule has 1 aliphatic rings. The van der Waals surface area contributed by atoms with E-state index in [2.05, 4.69) is 15.5 Å². The Hall–Kier alpha value is -2.14. The zero-order valence-corrected chi connectivity index (χ0v) is 10.9. The van der Waals surface area contributed by atoms with Gasteiger partial charge in [-0.25, -0.2) is 0 Å². The third kappa shape index (κ3) is 2.13. The Morgan fingerprint density at radius 1 is 1.32 bits per heavy atom. The van der Waals surface area contributed by atoms with Gasteiger partial charge in [-0.3, -0.25) is 9.89 Å². The molecular weight excluding hydrogens is 242 g/mol. The molecule has 0 unspecified atom stereocenters. The lowest BCUT2D eigenvalue weighted by atomic mass is 10.1. The number of hydrogen-bond acceptors (Lipinski definition) is 3. The first-order valence-electron chi connectivity index (χ1n) is 6.17. The number of nitrogens with one attached hydrogen (secondary N) is 2. The number of carbonyl (C=O) groups excluding carboxylic acids is 1. The Morgan fingerprint density at radius 2 is 2.11 bits per heavy atom. The van der Waals surface area contributed by atoms with E-state index >= 15 is 0 Å². The number of amides is 1. The smallest absolute Gasteiger partial charge is 0.255 e. The van der Waals surface area contributed by atoms with E-state index in [0.717, 1.165) is 28.2 Å². The summed E-state index contributed by atoms with van der Waals surface area (Å²) in [5, 5.41) is 9.80. The molecule has 1 aliphatic heterocycles. The van der Waals surface area contributed by atoms with Crippen LogP contribution < -0.4 is 5.32 Å². The van der Waals surface area contributed by atoms with Gasteiger partial charge >= 0.3 is 0 Å². The molecule has 0 spiro atoms. The highest BCUT2D eigenvalue weighted by atomic mass is 16.5. The Morgan fingerprint density at radius 3 is 2.84 bits per heavy atom. The molecule has 3 rings (SSSR count). The maximum Gasteiger partial charge on any atom is 0.255 e. The van der Waals surface area contributed by atoms with Crippen LogP contribution in [-0.2, 0) is 18.0 Å². The minimum atomic E-state index is -0.123. The van der Waals surface area contributed by atoms with Gasteiger partial charge in [-0.1, -0.05) is 6.07 Å². The van der Waals surface area contributed by atoms with Gasteiger partial charge in [-0.05, 0) is 37.1 Å².